The fourth-order valence-electron chi connectivity index (χ4n) is 1.74. The lowest BCUT2D eigenvalue weighted by Crippen LogP contribution is -2.46. The highest BCUT2D eigenvalue weighted by molar-refractivity contribution is 6.57. The number of morpholine rings is 1. The minimum absolute atomic E-state index is 0.282. The van der Waals surface area contributed by atoms with Gasteiger partial charge in [0.25, 0.3) is 5.91 Å². The van der Waals surface area contributed by atoms with Gasteiger partial charge in [-0.05, 0) is 5.56 Å². The molecule has 0 atom stereocenters. The molecule has 1 saturated heterocycles. The monoisotopic (exact) mass is 273 g/mol. The van der Waals surface area contributed by atoms with E-state index < -0.39 is 4.33 Å². The van der Waals surface area contributed by atoms with Crippen LogP contribution in [0.4, 0.5) is 0 Å². The number of carbonyl (C=O) groups is 1. The van der Waals surface area contributed by atoms with E-state index in [1.54, 1.807) is 29.2 Å². The fourth-order valence-corrected chi connectivity index (χ4v) is 2.23. The zero-order valence-corrected chi connectivity index (χ0v) is 10.7. The van der Waals surface area contributed by atoms with Crippen LogP contribution in [-0.4, -0.2) is 37.1 Å². The molecule has 1 aliphatic heterocycles. The number of hydrogen-bond donors (Lipinski definition) is 0. The highest BCUT2D eigenvalue weighted by atomic mass is 35.5. The highest BCUT2D eigenvalue weighted by Crippen LogP contribution is 2.35. The van der Waals surface area contributed by atoms with E-state index in [1.165, 1.54) is 0 Å². The van der Waals surface area contributed by atoms with Crippen LogP contribution in [0.1, 0.15) is 5.56 Å². The number of carbonyl (C=O) groups excluding carboxylic acids is 1. The van der Waals surface area contributed by atoms with Crippen LogP contribution in [0.2, 0.25) is 0 Å². The van der Waals surface area contributed by atoms with Crippen molar-refractivity contribution in [2.45, 2.75) is 4.33 Å². The Balaban J connectivity index is 2.17. The second-order valence-corrected chi connectivity index (χ2v) is 5.17. The van der Waals surface area contributed by atoms with Gasteiger partial charge in [0, 0.05) is 13.1 Å². The maximum Gasteiger partial charge on any atom is 0.263 e. The molecule has 0 bridgehead atoms. The van der Waals surface area contributed by atoms with Crippen LogP contribution in [0.5, 0.6) is 0 Å². The molecule has 17 heavy (non-hydrogen) atoms. The lowest BCUT2D eigenvalue weighted by Gasteiger charge is -2.31. The van der Waals surface area contributed by atoms with Crippen molar-refractivity contribution in [1.82, 2.24) is 4.90 Å². The van der Waals surface area contributed by atoms with Crippen molar-refractivity contribution in [3.8, 4) is 0 Å². The number of benzene rings is 1. The Bertz CT molecular complexity index is 389. The van der Waals surface area contributed by atoms with Crippen molar-refractivity contribution >= 4 is 29.1 Å². The van der Waals surface area contributed by atoms with Crippen LogP contribution in [0.15, 0.2) is 30.3 Å². The average Bonchev–Trinajstić information content (AvgIpc) is 2.40. The fraction of sp³-hybridized carbons (Fsp3) is 0.417. The van der Waals surface area contributed by atoms with E-state index in [4.69, 9.17) is 27.9 Å². The molecule has 0 radical (unpaired) electrons. The third kappa shape index (κ3) is 2.73. The van der Waals surface area contributed by atoms with E-state index in [0.717, 1.165) is 0 Å². The molecule has 0 aliphatic carbocycles. The van der Waals surface area contributed by atoms with Crippen molar-refractivity contribution in [3.63, 3.8) is 0 Å². The third-order valence-electron chi connectivity index (χ3n) is 2.70. The maximum absolute atomic E-state index is 12.2. The van der Waals surface area contributed by atoms with E-state index in [2.05, 4.69) is 0 Å². The smallest absolute Gasteiger partial charge is 0.263 e. The van der Waals surface area contributed by atoms with Crippen LogP contribution in [0, 0.1) is 0 Å². The number of nitrogens with zero attached hydrogens (tertiary/aromatic N) is 1. The second kappa shape index (κ2) is 5.25. The van der Waals surface area contributed by atoms with Gasteiger partial charge in [0.1, 0.15) is 0 Å². The van der Waals surface area contributed by atoms with Crippen LogP contribution in [-0.2, 0) is 13.9 Å². The maximum atomic E-state index is 12.2. The Morgan fingerprint density at radius 2 is 1.76 bits per heavy atom. The quantitative estimate of drug-likeness (QED) is 0.773. The second-order valence-electron chi connectivity index (χ2n) is 3.84. The molecule has 0 spiro atoms. The van der Waals surface area contributed by atoms with Crippen molar-refractivity contribution in [2.75, 3.05) is 26.3 Å². The zero-order valence-electron chi connectivity index (χ0n) is 9.23. The lowest BCUT2D eigenvalue weighted by molar-refractivity contribution is -0.136. The van der Waals surface area contributed by atoms with E-state index >= 15 is 0 Å². The molecule has 1 amide bonds. The molecule has 1 aromatic carbocycles. The normalized spacial score (nSPS) is 16.9. The average molecular weight is 274 g/mol. The van der Waals surface area contributed by atoms with Gasteiger partial charge in [0.05, 0.1) is 13.2 Å². The molecule has 1 aromatic rings. The molecule has 5 heteroatoms. The first-order valence-corrected chi connectivity index (χ1v) is 6.18. The van der Waals surface area contributed by atoms with Crippen molar-refractivity contribution in [2.24, 2.45) is 0 Å². The summed E-state index contributed by atoms with van der Waals surface area (Å²) in [5, 5.41) is 0. The van der Waals surface area contributed by atoms with Crippen molar-refractivity contribution < 1.29 is 9.53 Å². The number of alkyl halides is 2. The first-order chi connectivity index (χ1) is 8.12. The summed E-state index contributed by atoms with van der Waals surface area (Å²) in [5.41, 5.74) is 0.597. The molecule has 1 aliphatic rings. The topological polar surface area (TPSA) is 29.5 Å². The highest BCUT2D eigenvalue weighted by Gasteiger charge is 2.39. The van der Waals surface area contributed by atoms with E-state index in [1.807, 2.05) is 6.07 Å². The Labute approximate surface area is 110 Å². The van der Waals surface area contributed by atoms with Gasteiger partial charge < -0.3 is 9.64 Å². The summed E-state index contributed by atoms with van der Waals surface area (Å²) >= 11 is 12.4. The number of hydrogen-bond acceptors (Lipinski definition) is 2. The van der Waals surface area contributed by atoms with Gasteiger partial charge in [-0.15, -0.1) is 0 Å². The van der Waals surface area contributed by atoms with Gasteiger partial charge in [-0.1, -0.05) is 53.5 Å². The molecule has 92 valence electrons. The van der Waals surface area contributed by atoms with Gasteiger partial charge in [0.15, 0.2) is 0 Å². The Hall–Kier alpha value is -0.770. The van der Waals surface area contributed by atoms with Crippen molar-refractivity contribution in [1.29, 1.82) is 0 Å². The standard InChI is InChI=1S/C12H13Cl2NO2/c13-12(14,10-4-2-1-3-5-10)11(16)15-6-8-17-9-7-15/h1-5H,6-9H2. The Morgan fingerprint density at radius 1 is 1.18 bits per heavy atom. The van der Waals surface area contributed by atoms with Gasteiger partial charge in [-0.25, -0.2) is 0 Å². The molecule has 2 rings (SSSR count). The van der Waals surface area contributed by atoms with E-state index in [0.29, 0.717) is 31.9 Å². The largest absolute Gasteiger partial charge is 0.378 e. The number of ether oxygens (including phenoxy) is 1. The number of rotatable bonds is 2. The molecule has 0 aromatic heterocycles. The lowest BCUT2D eigenvalue weighted by atomic mass is 10.1. The molecule has 0 saturated carbocycles. The van der Waals surface area contributed by atoms with Crippen molar-refractivity contribution in [3.05, 3.63) is 35.9 Å². The minimum atomic E-state index is -1.52. The predicted molar refractivity (Wildman–Crippen MR) is 67.2 cm³/mol. The summed E-state index contributed by atoms with van der Waals surface area (Å²) in [6.45, 7) is 2.13. The van der Waals surface area contributed by atoms with Gasteiger partial charge in [0.2, 0.25) is 4.33 Å². The van der Waals surface area contributed by atoms with Gasteiger partial charge in [-0.3, -0.25) is 4.79 Å². The third-order valence-corrected chi connectivity index (χ3v) is 3.46. The zero-order chi connectivity index (χ0) is 12.3. The SMILES string of the molecule is O=C(N1CCOCC1)C(Cl)(Cl)c1ccccc1. The van der Waals surface area contributed by atoms with Crippen LogP contribution in [0.25, 0.3) is 0 Å². The summed E-state index contributed by atoms with van der Waals surface area (Å²) in [4.78, 5) is 13.9. The first kappa shape index (κ1) is 12.7. The summed E-state index contributed by atoms with van der Waals surface area (Å²) in [5.74, 6) is -0.282. The molecule has 3 nitrogen and oxygen atoms in total. The molecular formula is C12H13Cl2NO2. The Kier molecular flexibility index (Phi) is 3.92. The molecule has 0 unspecified atom stereocenters. The summed E-state index contributed by atoms with van der Waals surface area (Å²) < 4.78 is 3.67. The molecular weight excluding hydrogens is 261 g/mol. The van der Waals surface area contributed by atoms with Crippen LogP contribution >= 0.6 is 23.2 Å². The molecule has 1 heterocycles. The summed E-state index contributed by atoms with van der Waals surface area (Å²) in [6, 6.07) is 8.96. The molecule has 1 fully saturated rings. The number of amides is 1. The first-order valence-electron chi connectivity index (χ1n) is 5.43. The predicted octanol–water partition coefficient (Wildman–Crippen LogP) is 2.18. The molecule has 0 N–H and O–H groups in total. The van der Waals surface area contributed by atoms with Crippen LogP contribution < -0.4 is 0 Å². The van der Waals surface area contributed by atoms with Gasteiger partial charge >= 0.3 is 0 Å². The minimum Gasteiger partial charge on any atom is -0.378 e. The Morgan fingerprint density at radius 3 is 2.35 bits per heavy atom. The van der Waals surface area contributed by atoms with Crippen LogP contribution in [0.3, 0.4) is 0 Å². The van der Waals surface area contributed by atoms with E-state index in [9.17, 15) is 4.79 Å². The number of halogens is 2. The summed E-state index contributed by atoms with van der Waals surface area (Å²) in [7, 11) is 0. The summed E-state index contributed by atoms with van der Waals surface area (Å²) in [6.07, 6.45) is 0. The van der Waals surface area contributed by atoms with E-state index in [-0.39, 0.29) is 5.91 Å². The van der Waals surface area contributed by atoms with Gasteiger partial charge in [-0.2, -0.15) is 0 Å².